The molecule has 0 spiro atoms. The van der Waals surface area contributed by atoms with Gasteiger partial charge in [-0.05, 0) is 31.0 Å². The van der Waals surface area contributed by atoms with E-state index in [0.29, 0.717) is 24.3 Å². The van der Waals surface area contributed by atoms with E-state index in [9.17, 15) is 9.18 Å². The molecule has 1 atom stereocenters. The van der Waals surface area contributed by atoms with E-state index in [4.69, 9.17) is 4.74 Å². The van der Waals surface area contributed by atoms with E-state index in [0.717, 1.165) is 6.42 Å². The molecule has 4 nitrogen and oxygen atoms in total. The summed E-state index contributed by atoms with van der Waals surface area (Å²) in [6.07, 6.45) is 0.975. The molecule has 1 aliphatic heterocycles. The molecule has 1 aromatic carbocycles. The van der Waals surface area contributed by atoms with Gasteiger partial charge >= 0.3 is 6.09 Å². The second-order valence-corrected chi connectivity index (χ2v) is 3.86. The summed E-state index contributed by atoms with van der Waals surface area (Å²) in [6.45, 7) is 0.567. The number of rotatable bonds is 1. The number of benzene rings is 1. The zero-order valence-corrected chi connectivity index (χ0v) is 9.53. The lowest BCUT2D eigenvalue weighted by Gasteiger charge is -2.17. The molecule has 1 aromatic rings. The van der Waals surface area contributed by atoms with Gasteiger partial charge in [0.2, 0.25) is 0 Å². The van der Waals surface area contributed by atoms with Gasteiger partial charge < -0.3 is 14.8 Å². The number of hydrogen-bond acceptors (Lipinski definition) is 3. The normalized spacial score (nSPS) is 18.6. The van der Waals surface area contributed by atoms with Crippen molar-refractivity contribution in [1.29, 1.82) is 0 Å². The minimum Gasteiger partial charge on any atom is -0.493 e. The monoisotopic (exact) mass is 239 g/mol. The third-order valence-corrected chi connectivity index (χ3v) is 2.72. The number of halogens is 1. The number of nitrogens with one attached hydrogen (secondary N) is 1. The first kappa shape index (κ1) is 11.7. The predicted molar refractivity (Wildman–Crippen MR) is 59.4 cm³/mol. The van der Waals surface area contributed by atoms with Crippen LogP contribution in [-0.2, 0) is 4.74 Å². The number of methoxy groups -OCH3 is 1. The van der Waals surface area contributed by atoms with Crippen LogP contribution in [0, 0.1) is 5.82 Å². The van der Waals surface area contributed by atoms with E-state index in [2.05, 4.69) is 10.1 Å². The van der Waals surface area contributed by atoms with E-state index >= 15 is 0 Å². The highest BCUT2D eigenvalue weighted by molar-refractivity contribution is 5.68. The highest BCUT2D eigenvalue weighted by Gasteiger charge is 2.22. The molecule has 1 unspecified atom stereocenters. The average molecular weight is 239 g/mol. The third kappa shape index (κ3) is 2.67. The number of ether oxygens (including phenoxy) is 2. The molecule has 0 aliphatic carbocycles. The second kappa shape index (κ2) is 5.03. The van der Waals surface area contributed by atoms with Crippen molar-refractivity contribution in [3.8, 4) is 5.75 Å². The Hall–Kier alpha value is -1.78. The van der Waals surface area contributed by atoms with Crippen LogP contribution in [0.4, 0.5) is 9.18 Å². The average Bonchev–Trinajstić information content (AvgIpc) is 2.52. The third-order valence-electron chi connectivity index (χ3n) is 2.72. The van der Waals surface area contributed by atoms with Gasteiger partial charge in [0, 0.05) is 5.56 Å². The summed E-state index contributed by atoms with van der Waals surface area (Å²) in [6, 6.07) is 4.05. The highest BCUT2D eigenvalue weighted by Crippen LogP contribution is 2.31. The van der Waals surface area contributed by atoms with Gasteiger partial charge in [0.1, 0.15) is 11.6 Å². The lowest BCUT2D eigenvalue weighted by molar-refractivity contribution is 0.166. The molecule has 1 amide bonds. The van der Waals surface area contributed by atoms with Gasteiger partial charge in [-0.3, -0.25) is 0 Å². The molecule has 2 rings (SSSR count). The van der Waals surface area contributed by atoms with Crippen molar-refractivity contribution >= 4 is 6.09 Å². The zero-order chi connectivity index (χ0) is 12.3. The largest absolute Gasteiger partial charge is 0.493 e. The quantitative estimate of drug-likeness (QED) is 0.818. The van der Waals surface area contributed by atoms with Crippen molar-refractivity contribution in [3.05, 3.63) is 29.6 Å². The summed E-state index contributed by atoms with van der Waals surface area (Å²) in [5.41, 5.74) is 0.660. The van der Waals surface area contributed by atoms with E-state index in [1.54, 1.807) is 6.07 Å². The Balaban J connectivity index is 2.28. The maximum absolute atomic E-state index is 13.2. The Morgan fingerprint density at radius 3 is 3.18 bits per heavy atom. The molecule has 0 bridgehead atoms. The summed E-state index contributed by atoms with van der Waals surface area (Å²) in [4.78, 5) is 11.2. The Morgan fingerprint density at radius 2 is 2.41 bits per heavy atom. The molecule has 5 heteroatoms. The SMILES string of the molecule is COC(=O)NC1CCCOc2ccc(F)cc21. The Labute approximate surface area is 98.7 Å². The van der Waals surface area contributed by atoms with Gasteiger partial charge in [-0.1, -0.05) is 0 Å². The van der Waals surface area contributed by atoms with Gasteiger partial charge in [-0.15, -0.1) is 0 Å². The van der Waals surface area contributed by atoms with Gasteiger partial charge in [0.05, 0.1) is 19.8 Å². The van der Waals surface area contributed by atoms with Gasteiger partial charge in [-0.2, -0.15) is 0 Å². The maximum Gasteiger partial charge on any atom is 0.407 e. The summed E-state index contributed by atoms with van der Waals surface area (Å²) in [7, 11) is 1.30. The smallest absolute Gasteiger partial charge is 0.407 e. The minimum absolute atomic E-state index is 0.268. The standard InChI is InChI=1S/C12H14FNO3/c1-16-12(15)14-10-3-2-6-17-11-5-4-8(13)7-9(10)11/h4-5,7,10H,2-3,6H2,1H3,(H,14,15). The highest BCUT2D eigenvalue weighted by atomic mass is 19.1. The molecule has 0 saturated carbocycles. The molecular weight excluding hydrogens is 225 g/mol. The number of carbonyl (C=O) groups excluding carboxylic acids is 1. The van der Waals surface area contributed by atoms with Crippen molar-refractivity contribution in [2.75, 3.05) is 13.7 Å². The van der Waals surface area contributed by atoms with Crippen LogP contribution >= 0.6 is 0 Å². The summed E-state index contributed by atoms with van der Waals surface area (Å²) in [5, 5.41) is 2.68. The van der Waals surface area contributed by atoms with E-state index < -0.39 is 6.09 Å². The number of fused-ring (bicyclic) bond motifs is 1. The van der Waals surface area contributed by atoms with Crippen LogP contribution in [0.25, 0.3) is 0 Å². The topological polar surface area (TPSA) is 47.6 Å². The first-order chi connectivity index (χ1) is 8.20. The lowest BCUT2D eigenvalue weighted by Crippen LogP contribution is -2.28. The number of hydrogen-bond donors (Lipinski definition) is 1. The van der Waals surface area contributed by atoms with Crippen LogP contribution in [0.3, 0.4) is 0 Å². The molecule has 92 valence electrons. The van der Waals surface area contributed by atoms with Gasteiger partial charge in [0.15, 0.2) is 0 Å². The number of carbonyl (C=O) groups is 1. The van der Waals surface area contributed by atoms with E-state index in [1.807, 2.05) is 0 Å². The van der Waals surface area contributed by atoms with Crippen molar-refractivity contribution in [1.82, 2.24) is 5.32 Å². The fourth-order valence-corrected chi connectivity index (χ4v) is 1.90. The first-order valence-electron chi connectivity index (χ1n) is 5.47. The van der Waals surface area contributed by atoms with Crippen molar-refractivity contribution in [2.45, 2.75) is 18.9 Å². The molecule has 1 heterocycles. The lowest BCUT2D eigenvalue weighted by atomic mass is 10.0. The first-order valence-corrected chi connectivity index (χ1v) is 5.47. The van der Waals surface area contributed by atoms with Crippen LogP contribution < -0.4 is 10.1 Å². The molecule has 1 N–H and O–H groups in total. The van der Waals surface area contributed by atoms with Crippen LogP contribution in [-0.4, -0.2) is 19.8 Å². The van der Waals surface area contributed by atoms with Crippen molar-refractivity contribution in [2.24, 2.45) is 0 Å². The fourth-order valence-electron chi connectivity index (χ4n) is 1.90. The summed E-state index contributed by atoms with van der Waals surface area (Å²) < 4.78 is 23.3. The van der Waals surface area contributed by atoms with Crippen LogP contribution in [0.2, 0.25) is 0 Å². The molecule has 0 aromatic heterocycles. The molecular formula is C12H14FNO3. The number of amides is 1. The molecule has 0 radical (unpaired) electrons. The summed E-state index contributed by atoms with van der Waals surface area (Å²) >= 11 is 0. The molecule has 0 fully saturated rings. The minimum atomic E-state index is -0.521. The van der Waals surface area contributed by atoms with Crippen molar-refractivity contribution < 1.29 is 18.7 Å². The molecule has 17 heavy (non-hydrogen) atoms. The maximum atomic E-state index is 13.2. The van der Waals surface area contributed by atoms with E-state index in [1.165, 1.54) is 19.2 Å². The Morgan fingerprint density at radius 1 is 1.59 bits per heavy atom. The van der Waals surface area contributed by atoms with Crippen LogP contribution in [0.5, 0.6) is 5.75 Å². The van der Waals surface area contributed by atoms with Crippen molar-refractivity contribution in [3.63, 3.8) is 0 Å². The zero-order valence-electron chi connectivity index (χ0n) is 9.53. The van der Waals surface area contributed by atoms with Gasteiger partial charge in [-0.25, -0.2) is 9.18 Å². The van der Waals surface area contributed by atoms with Crippen LogP contribution in [0.15, 0.2) is 18.2 Å². The Kier molecular flexibility index (Phi) is 3.46. The van der Waals surface area contributed by atoms with Gasteiger partial charge in [0.25, 0.3) is 0 Å². The molecule has 0 saturated heterocycles. The van der Waals surface area contributed by atoms with E-state index in [-0.39, 0.29) is 11.9 Å². The second-order valence-electron chi connectivity index (χ2n) is 3.86. The Bertz CT molecular complexity index is 422. The number of alkyl carbamates (subject to hydrolysis) is 1. The molecule has 1 aliphatic rings. The fraction of sp³-hybridized carbons (Fsp3) is 0.417. The predicted octanol–water partition coefficient (Wildman–Crippen LogP) is 2.40. The summed E-state index contributed by atoms with van der Waals surface area (Å²) in [5.74, 6) is 0.274. The van der Waals surface area contributed by atoms with Crippen LogP contribution in [0.1, 0.15) is 24.4 Å².